The van der Waals surface area contributed by atoms with Crippen LogP contribution in [0, 0.1) is 6.92 Å². The fourth-order valence-corrected chi connectivity index (χ4v) is 5.21. The van der Waals surface area contributed by atoms with Gasteiger partial charge in [0.2, 0.25) is 17.7 Å². The molecule has 0 saturated carbocycles. The number of imide groups is 1. The van der Waals surface area contributed by atoms with Gasteiger partial charge in [-0.3, -0.25) is 19.3 Å². The summed E-state index contributed by atoms with van der Waals surface area (Å²) < 4.78 is 5.09. The van der Waals surface area contributed by atoms with Gasteiger partial charge in [-0.05, 0) is 63.7 Å². The molecule has 2 heterocycles. The third-order valence-electron chi connectivity index (χ3n) is 7.32. The number of ether oxygens (including phenoxy) is 1. The van der Waals surface area contributed by atoms with E-state index in [-0.39, 0.29) is 30.6 Å². The third-order valence-corrected chi connectivity index (χ3v) is 7.32. The van der Waals surface area contributed by atoms with Crippen LogP contribution in [-0.2, 0) is 24.5 Å². The molecule has 7 heteroatoms. The Labute approximate surface area is 198 Å². The molecular weight excluding hydrogens is 418 g/mol. The number of carbonyl (C=O) groups excluding carboxylic acids is 3. The normalized spacial score (nSPS) is 22.2. The van der Waals surface area contributed by atoms with Gasteiger partial charge in [0.1, 0.15) is 0 Å². The largest absolute Gasteiger partial charge is 0.385 e. The number of hydrogen-bond acceptors (Lipinski definition) is 5. The van der Waals surface area contributed by atoms with Crippen LogP contribution < -0.4 is 0 Å². The van der Waals surface area contributed by atoms with E-state index in [0.717, 1.165) is 30.6 Å². The fourth-order valence-electron chi connectivity index (χ4n) is 5.21. The van der Waals surface area contributed by atoms with Crippen LogP contribution in [0.5, 0.6) is 0 Å². The number of aryl methyl sites for hydroxylation is 1. The second-order valence-corrected chi connectivity index (χ2v) is 9.64. The van der Waals surface area contributed by atoms with Gasteiger partial charge >= 0.3 is 0 Å². The van der Waals surface area contributed by atoms with Crippen molar-refractivity contribution in [1.82, 2.24) is 14.7 Å². The molecule has 0 aliphatic carbocycles. The van der Waals surface area contributed by atoms with E-state index in [1.54, 1.807) is 12.0 Å². The van der Waals surface area contributed by atoms with E-state index in [0.29, 0.717) is 32.2 Å². The molecule has 0 bridgehead atoms. The molecule has 2 aliphatic heterocycles. The number of benzene rings is 1. The summed E-state index contributed by atoms with van der Waals surface area (Å²) in [6.45, 7) is 7.85. The average Bonchev–Trinajstić information content (AvgIpc) is 3.41. The van der Waals surface area contributed by atoms with E-state index in [4.69, 9.17) is 4.74 Å². The average molecular weight is 458 g/mol. The molecule has 7 nitrogen and oxygen atoms in total. The molecule has 0 aromatic heterocycles. The highest BCUT2D eigenvalue weighted by Gasteiger charge is 2.54. The first-order valence-electron chi connectivity index (χ1n) is 12.2. The van der Waals surface area contributed by atoms with Gasteiger partial charge in [0, 0.05) is 52.7 Å². The lowest BCUT2D eigenvalue weighted by Gasteiger charge is -2.31. The Hall–Kier alpha value is -2.25. The highest BCUT2D eigenvalue weighted by Crippen LogP contribution is 2.41. The number of amides is 3. The van der Waals surface area contributed by atoms with Crippen molar-refractivity contribution >= 4 is 17.7 Å². The lowest BCUT2D eigenvalue weighted by Crippen LogP contribution is -2.44. The Bertz CT molecular complexity index is 852. The summed E-state index contributed by atoms with van der Waals surface area (Å²) in [7, 11) is 3.41. The van der Waals surface area contributed by atoms with Crippen LogP contribution in [0.4, 0.5) is 0 Å². The maximum Gasteiger partial charge on any atom is 0.240 e. The highest BCUT2D eigenvalue weighted by molar-refractivity contribution is 6.10. The predicted molar refractivity (Wildman–Crippen MR) is 128 cm³/mol. The second kappa shape index (κ2) is 11.3. The van der Waals surface area contributed by atoms with Crippen LogP contribution in [0.1, 0.15) is 56.6 Å². The van der Waals surface area contributed by atoms with Crippen LogP contribution in [0.2, 0.25) is 0 Å². The zero-order valence-electron chi connectivity index (χ0n) is 20.6. The summed E-state index contributed by atoms with van der Waals surface area (Å²) in [4.78, 5) is 45.5. The van der Waals surface area contributed by atoms with Crippen LogP contribution in [0.3, 0.4) is 0 Å². The maximum atomic E-state index is 13.7. The van der Waals surface area contributed by atoms with Crippen molar-refractivity contribution in [2.75, 3.05) is 46.9 Å². The number of likely N-dealkylation sites (tertiary alicyclic amines) is 2. The molecule has 2 fully saturated rings. The Morgan fingerprint density at radius 1 is 1.21 bits per heavy atom. The minimum absolute atomic E-state index is 0.0117. The maximum absolute atomic E-state index is 13.7. The van der Waals surface area contributed by atoms with E-state index in [1.165, 1.54) is 17.7 Å². The number of hydrogen-bond donors (Lipinski definition) is 0. The summed E-state index contributed by atoms with van der Waals surface area (Å²) >= 11 is 0. The third kappa shape index (κ3) is 5.64. The molecule has 2 aliphatic rings. The topological polar surface area (TPSA) is 70.2 Å². The minimum atomic E-state index is -1.14. The van der Waals surface area contributed by atoms with Gasteiger partial charge in [0.05, 0.1) is 5.41 Å². The van der Waals surface area contributed by atoms with Crippen LogP contribution >= 0.6 is 0 Å². The summed E-state index contributed by atoms with van der Waals surface area (Å²) in [5.41, 5.74) is 0.571. The van der Waals surface area contributed by atoms with E-state index in [1.807, 2.05) is 38.2 Å². The van der Waals surface area contributed by atoms with Gasteiger partial charge in [0.25, 0.3) is 0 Å². The van der Waals surface area contributed by atoms with Crippen LogP contribution in [-0.4, -0.2) is 85.4 Å². The first kappa shape index (κ1) is 25.4. The molecule has 0 unspecified atom stereocenters. The quantitative estimate of drug-likeness (QED) is 0.378. The van der Waals surface area contributed by atoms with Gasteiger partial charge in [0.15, 0.2) is 0 Å². The molecule has 1 aromatic carbocycles. The molecule has 2 atom stereocenters. The molecule has 2 saturated heterocycles. The number of methoxy groups -OCH3 is 1. The van der Waals surface area contributed by atoms with E-state index in [2.05, 4.69) is 11.8 Å². The van der Waals surface area contributed by atoms with E-state index in [9.17, 15) is 14.4 Å². The van der Waals surface area contributed by atoms with E-state index < -0.39 is 5.41 Å². The summed E-state index contributed by atoms with van der Waals surface area (Å²) in [5.74, 6) is -0.561. The molecule has 1 aromatic rings. The van der Waals surface area contributed by atoms with Crippen molar-refractivity contribution in [3.63, 3.8) is 0 Å². The molecule has 33 heavy (non-hydrogen) atoms. The van der Waals surface area contributed by atoms with Crippen molar-refractivity contribution in [2.24, 2.45) is 0 Å². The smallest absolute Gasteiger partial charge is 0.240 e. The Morgan fingerprint density at radius 3 is 2.58 bits per heavy atom. The zero-order valence-corrected chi connectivity index (χ0v) is 20.6. The molecule has 0 N–H and O–H groups in total. The minimum Gasteiger partial charge on any atom is -0.385 e. The lowest BCUT2D eigenvalue weighted by atomic mass is 9.74. The number of nitrogens with zero attached hydrogens (tertiary/aromatic N) is 3. The lowest BCUT2D eigenvalue weighted by molar-refractivity contribution is -0.142. The number of rotatable bonds is 11. The molecule has 0 spiro atoms. The molecule has 0 radical (unpaired) electrons. The van der Waals surface area contributed by atoms with Gasteiger partial charge < -0.3 is 14.5 Å². The molecule has 182 valence electrons. The first-order chi connectivity index (χ1) is 15.8. The van der Waals surface area contributed by atoms with Crippen molar-refractivity contribution < 1.29 is 19.1 Å². The fraction of sp³-hybridized carbons (Fsp3) is 0.654. The van der Waals surface area contributed by atoms with Gasteiger partial charge in [-0.15, -0.1) is 0 Å². The molecular formula is C26H39N3O4. The van der Waals surface area contributed by atoms with Gasteiger partial charge in [-0.1, -0.05) is 24.3 Å². The Balaban J connectivity index is 1.76. The van der Waals surface area contributed by atoms with Crippen molar-refractivity contribution in [1.29, 1.82) is 0 Å². The van der Waals surface area contributed by atoms with Gasteiger partial charge in [-0.25, -0.2) is 0 Å². The highest BCUT2D eigenvalue weighted by atomic mass is 16.5. The van der Waals surface area contributed by atoms with Gasteiger partial charge in [-0.2, -0.15) is 0 Å². The van der Waals surface area contributed by atoms with E-state index >= 15 is 0 Å². The zero-order chi connectivity index (χ0) is 24.0. The SMILES string of the molecule is COCCCN1C(=O)C[C@](CC(=O)N(C)CC[C@@H](C)N2CCCC2)(c2ccccc2C)C1=O. The summed E-state index contributed by atoms with van der Waals surface area (Å²) in [6.07, 6.45) is 4.02. The Morgan fingerprint density at radius 2 is 1.91 bits per heavy atom. The summed E-state index contributed by atoms with van der Waals surface area (Å²) in [5, 5.41) is 0. The second-order valence-electron chi connectivity index (χ2n) is 9.64. The van der Waals surface area contributed by atoms with Crippen molar-refractivity contribution in [2.45, 2.75) is 63.8 Å². The van der Waals surface area contributed by atoms with Crippen LogP contribution in [0.15, 0.2) is 24.3 Å². The standard InChI is InChI=1S/C26H39N3O4/c1-20-10-5-6-11-22(20)26(19-24(31)29(25(26)32)15-9-17-33-4)18-23(30)27(3)16-12-21(2)28-13-7-8-14-28/h5-6,10-11,21H,7-9,12-19H2,1-4H3/t21-,26-/m1/s1. The van der Waals surface area contributed by atoms with Crippen LogP contribution in [0.25, 0.3) is 0 Å². The van der Waals surface area contributed by atoms with Crippen molar-refractivity contribution in [3.8, 4) is 0 Å². The molecule has 3 rings (SSSR count). The first-order valence-corrected chi connectivity index (χ1v) is 12.2. The number of carbonyl (C=O) groups is 3. The monoisotopic (exact) mass is 457 g/mol. The molecule has 3 amide bonds. The van der Waals surface area contributed by atoms with Crippen molar-refractivity contribution in [3.05, 3.63) is 35.4 Å². The Kier molecular flexibility index (Phi) is 8.65. The predicted octanol–water partition coefficient (Wildman–Crippen LogP) is 2.75. The summed E-state index contributed by atoms with van der Waals surface area (Å²) in [6, 6.07) is 8.05.